The van der Waals surface area contributed by atoms with E-state index in [9.17, 15) is 5.11 Å². The molecule has 0 fully saturated rings. The number of hydrogen-bond donors (Lipinski definition) is 2. The molecule has 1 unspecified atom stereocenters. The Kier molecular flexibility index (Phi) is 7.73. The van der Waals surface area contributed by atoms with E-state index in [1.807, 2.05) is 19.9 Å². The van der Waals surface area contributed by atoms with E-state index >= 15 is 0 Å². The molecule has 0 aliphatic carbocycles. The fraction of sp³-hybridized carbons (Fsp3) is 0.600. The second kappa shape index (κ2) is 9.06. The molecule has 0 aliphatic rings. The first kappa shape index (κ1) is 17.1. The van der Waals surface area contributed by atoms with Crippen LogP contribution in [0.4, 0.5) is 0 Å². The summed E-state index contributed by atoms with van der Waals surface area (Å²) in [4.78, 5) is 0. The minimum Gasteiger partial charge on any atom is -0.493 e. The average Bonchev–Trinajstić information content (AvgIpc) is 2.47. The van der Waals surface area contributed by atoms with Gasteiger partial charge in [-0.25, -0.2) is 0 Å². The number of methoxy groups -OCH3 is 1. The second-order valence-corrected chi connectivity index (χ2v) is 5.02. The number of aliphatic hydroxyl groups excluding tert-OH is 1. The van der Waals surface area contributed by atoms with Crippen LogP contribution < -0.4 is 14.8 Å². The van der Waals surface area contributed by atoms with Gasteiger partial charge in [-0.15, -0.1) is 0 Å². The molecule has 4 nitrogen and oxygen atoms in total. The van der Waals surface area contributed by atoms with Crippen LogP contribution in [0.25, 0.3) is 0 Å². The van der Waals surface area contributed by atoms with Crippen LogP contribution in [0.5, 0.6) is 11.5 Å². The molecule has 1 aromatic rings. The van der Waals surface area contributed by atoms with Crippen molar-refractivity contribution in [3.8, 4) is 11.5 Å². The van der Waals surface area contributed by atoms with Crippen LogP contribution in [0.15, 0.2) is 12.1 Å². The van der Waals surface area contributed by atoms with Crippen LogP contribution in [-0.4, -0.2) is 31.5 Å². The van der Waals surface area contributed by atoms with Gasteiger partial charge in [0.2, 0.25) is 0 Å². The van der Waals surface area contributed by atoms with Gasteiger partial charge < -0.3 is 19.9 Å². The van der Waals surface area contributed by atoms with Crippen molar-refractivity contribution >= 4 is 11.6 Å². The smallest absolute Gasteiger partial charge is 0.162 e. The highest BCUT2D eigenvalue weighted by molar-refractivity contribution is 6.31. The van der Waals surface area contributed by atoms with Crippen LogP contribution in [-0.2, 0) is 6.54 Å². The Morgan fingerprint density at radius 3 is 2.60 bits per heavy atom. The van der Waals surface area contributed by atoms with Crippen molar-refractivity contribution in [2.75, 3.05) is 20.3 Å². The maximum absolute atomic E-state index is 9.18. The largest absolute Gasteiger partial charge is 0.493 e. The summed E-state index contributed by atoms with van der Waals surface area (Å²) in [6, 6.07) is 3.74. The number of rotatable bonds is 9. The van der Waals surface area contributed by atoms with Crippen molar-refractivity contribution in [2.24, 2.45) is 0 Å². The van der Waals surface area contributed by atoms with Crippen LogP contribution >= 0.6 is 11.6 Å². The second-order valence-electron chi connectivity index (χ2n) is 4.61. The molecule has 20 heavy (non-hydrogen) atoms. The number of aliphatic hydroxyl groups is 1. The first-order valence-electron chi connectivity index (χ1n) is 6.99. The molecule has 0 radical (unpaired) electrons. The topological polar surface area (TPSA) is 50.7 Å². The van der Waals surface area contributed by atoms with E-state index in [1.54, 1.807) is 13.2 Å². The zero-order valence-electron chi connectivity index (χ0n) is 12.4. The van der Waals surface area contributed by atoms with E-state index < -0.39 is 0 Å². The molecule has 0 saturated carbocycles. The predicted molar refractivity (Wildman–Crippen MR) is 81.8 cm³/mol. The van der Waals surface area contributed by atoms with E-state index in [2.05, 4.69) is 5.32 Å². The first-order valence-corrected chi connectivity index (χ1v) is 7.37. The van der Waals surface area contributed by atoms with E-state index in [4.69, 9.17) is 21.1 Å². The van der Waals surface area contributed by atoms with Crippen LogP contribution in [0.1, 0.15) is 32.3 Å². The molecule has 0 heterocycles. The molecule has 2 N–H and O–H groups in total. The quantitative estimate of drug-likeness (QED) is 0.736. The van der Waals surface area contributed by atoms with Crippen molar-refractivity contribution in [3.05, 3.63) is 22.7 Å². The van der Waals surface area contributed by atoms with E-state index in [0.717, 1.165) is 18.4 Å². The first-order chi connectivity index (χ1) is 9.65. The highest BCUT2D eigenvalue weighted by Crippen LogP contribution is 2.33. The zero-order chi connectivity index (χ0) is 15.0. The minimum absolute atomic E-state index is 0.0769. The summed E-state index contributed by atoms with van der Waals surface area (Å²) in [7, 11) is 1.61. The van der Waals surface area contributed by atoms with Crippen molar-refractivity contribution < 1.29 is 14.6 Å². The lowest BCUT2D eigenvalue weighted by Crippen LogP contribution is -2.31. The molecule has 0 aliphatic heterocycles. The third kappa shape index (κ3) is 4.85. The third-order valence-corrected chi connectivity index (χ3v) is 3.44. The Bertz CT molecular complexity index is 408. The van der Waals surface area contributed by atoms with Gasteiger partial charge in [-0.05, 0) is 24.5 Å². The summed E-state index contributed by atoms with van der Waals surface area (Å²) in [6.45, 7) is 5.40. The van der Waals surface area contributed by atoms with Gasteiger partial charge in [0.25, 0.3) is 0 Å². The number of benzene rings is 1. The number of halogens is 1. The highest BCUT2D eigenvalue weighted by atomic mass is 35.5. The lowest BCUT2D eigenvalue weighted by Gasteiger charge is -2.17. The summed E-state index contributed by atoms with van der Waals surface area (Å²) in [5, 5.41) is 13.1. The zero-order valence-corrected chi connectivity index (χ0v) is 13.2. The molecule has 1 atom stereocenters. The van der Waals surface area contributed by atoms with Gasteiger partial charge in [0.05, 0.1) is 20.3 Å². The summed E-state index contributed by atoms with van der Waals surface area (Å²) < 4.78 is 10.9. The molecular weight excluding hydrogens is 278 g/mol. The van der Waals surface area contributed by atoms with Gasteiger partial charge in [-0.1, -0.05) is 25.4 Å². The normalized spacial score (nSPS) is 12.2. The van der Waals surface area contributed by atoms with Gasteiger partial charge in [-0.2, -0.15) is 0 Å². The van der Waals surface area contributed by atoms with E-state index in [1.165, 1.54) is 0 Å². The Hall–Kier alpha value is -0.970. The van der Waals surface area contributed by atoms with E-state index in [-0.39, 0.29) is 12.6 Å². The molecule has 5 heteroatoms. The van der Waals surface area contributed by atoms with Crippen molar-refractivity contribution in [1.29, 1.82) is 0 Å². The maximum atomic E-state index is 9.18. The van der Waals surface area contributed by atoms with Gasteiger partial charge >= 0.3 is 0 Å². The lowest BCUT2D eigenvalue weighted by molar-refractivity contribution is 0.238. The minimum atomic E-state index is 0.0769. The summed E-state index contributed by atoms with van der Waals surface area (Å²) in [6.07, 6.45) is 1.79. The van der Waals surface area contributed by atoms with Crippen molar-refractivity contribution in [3.63, 3.8) is 0 Å². The van der Waals surface area contributed by atoms with Gasteiger partial charge in [0.1, 0.15) is 0 Å². The SMILES string of the molecule is CCCOc1cc(Cl)c(CNC(CC)CO)cc1OC. The summed E-state index contributed by atoms with van der Waals surface area (Å²) in [5.74, 6) is 1.34. The predicted octanol–water partition coefficient (Wildman–Crippen LogP) is 3.00. The Morgan fingerprint density at radius 1 is 1.30 bits per heavy atom. The Balaban J connectivity index is 2.81. The molecule has 0 saturated heterocycles. The van der Waals surface area contributed by atoms with Gasteiger partial charge in [-0.3, -0.25) is 0 Å². The van der Waals surface area contributed by atoms with E-state index in [0.29, 0.717) is 29.7 Å². The van der Waals surface area contributed by atoms with Crippen molar-refractivity contribution in [2.45, 2.75) is 39.3 Å². The fourth-order valence-electron chi connectivity index (χ4n) is 1.79. The number of hydrogen-bond acceptors (Lipinski definition) is 4. The number of nitrogens with one attached hydrogen (secondary N) is 1. The maximum Gasteiger partial charge on any atom is 0.162 e. The van der Waals surface area contributed by atoms with Crippen molar-refractivity contribution in [1.82, 2.24) is 5.32 Å². The average molecular weight is 302 g/mol. The van der Waals surface area contributed by atoms with Gasteiger partial charge in [0.15, 0.2) is 11.5 Å². The monoisotopic (exact) mass is 301 g/mol. The highest BCUT2D eigenvalue weighted by Gasteiger charge is 2.12. The summed E-state index contributed by atoms with van der Waals surface area (Å²) in [5.41, 5.74) is 0.930. The Labute approximate surface area is 126 Å². The molecule has 0 spiro atoms. The molecule has 0 aromatic heterocycles. The molecule has 114 valence electrons. The van der Waals surface area contributed by atoms with Crippen LogP contribution in [0, 0.1) is 0 Å². The third-order valence-electron chi connectivity index (χ3n) is 3.09. The molecular formula is C15H24ClNO3. The lowest BCUT2D eigenvalue weighted by atomic mass is 10.1. The number of ether oxygens (including phenoxy) is 2. The van der Waals surface area contributed by atoms with Crippen LogP contribution in [0.2, 0.25) is 5.02 Å². The molecule has 0 bridgehead atoms. The molecule has 1 rings (SSSR count). The van der Waals surface area contributed by atoms with Gasteiger partial charge in [0, 0.05) is 23.7 Å². The standard InChI is InChI=1S/C15H24ClNO3/c1-4-6-20-15-8-13(16)11(7-14(15)19-3)9-17-12(5-2)10-18/h7-8,12,17-18H,4-6,9-10H2,1-3H3. The molecule has 1 aromatic carbocycles. The molecule has 0 amide bonds. The Morgan fingerprint density at radius 2 is 2.05 bits per heavy atom. The fourth-order valence-corrected chi connectivity index (χ4v) is 2.01. The van der Waals surface area contributed by atoms with Crippen LogP contribution in [0.3, 0.4) is 0 Å². The summed E-state index contributed by atoms with van der Waals surface area (Å²) >= 11 is 6.27.